The van der Waals surface area contributed by atoms with E-state index in [0.29, 0.717) is 38.3 Å². The molecule has 0 amide bonds. The third kappa shape index (κ3) is 5.84. The Morgan fingerprint density at radius 3 is 2.54 bits per heavy atom. The minimum Gasteiger partial charge on any atom is -0.354 e. The summed E-state index contributed by atoms with van der Waals surface area (Å²) in [6, 6.07) is -0.00439. The van der Waals surface area contributed by atoms with Crippen molar-refractivity contribution in [1.82, 2.24) is 24.7 Å². The van der Waals surface area contributed by atoms with Crippen LogP contribution in [0.5, 0.6) is 0 Å². The van der Waals surface area contributed by atoms with E-state index in [1.807, 2.05) is 6.92 Å². The van der Waals surface area contributed by atoms with Crippen molar-refractivity contribution in [2.45, 2.75) is 44.9 Å². The van der Waals surface area contributed by atoms with E-state index in [9.17, 15) is 21.6 Å². The van der Waals surface area contributed by atoms with Gasteiger partial charge in [-0.05, 0) is 19.3 Å². The fraction of sp³-hybridized carbons (Fsp3) is 0.750. The molecule has 0 atom stereocenters. The second kappa shape index (κ2) is 9.12. The topological polar surface area (TPSA) is 91.6 Å². The lowest BCUT2D eigenvalue weighted by atomic mass is 10.1. The molecule has 0 radical (unpaired) electrons. The first-order valence-corrected chi connectivity index (χ1v) is 10.7. The molecular formula is C16H27F3N6O2S. The summed E-state index contributed by atoms with van der Waals surface area (Å²) < 4.78 is 65.9. The number of alkyl halides is 3. The van der Waals surface area contributed by atoms with E-state index in [2.05, 4.69) is 20.7 Å². The van der Waals surface area contributed by atoms with Gasteiger partial charge in [0.1, 0.15) is 0 Å². The van der Waals surface area contributed by atoms with E-state index in [0.717, 1.165) is 4.68 Å². The zero-order valence-electron chi connectivity index (χ0n) is 16.3. The van der Waals surface area contributed by atoms with Gasteiger partial charge in [0.25, 0.3) is 0 Å². The van der Waals surface area contributed by atoms with Crippen LogP contribution in [0.1, 0.15) is 37.4 Å². The van der Waals surface area contributed by atoms with Gasteiger partial charge in [0, 0.05) is 51.5 Å². The third-order valence-electron chi connectivity index (χ3n) is 4.49. The van der Waals surface area contributed by atoms with Crippen LogP contribution in [0.2, 0.25) is 0 Å². The van der Waals surface area contributed by atoms with Gasteiger partial charge in [-0.3, -0.25) is 9.67 Å². The number of hydrogen-bond acceptors (Lipinski definition) is 4. The average molecular weight is 424 g/mol. The highest BCUT2D eigenvalue weighted by atomic mass is 32.2. The van der Waals surface area contributed by atoms with Crippen LogP contribution in [0.4, 0.5) is 13.2 Å². The van der Waals surface area contributed by atoms with Gasteiger partial charge in [0.2, 0.25) is 10.0 Å². The number of aromatic nitrogens is 2. The molecule has 1 aliphatic rings. The van der Waals surface area contributed by atoms with E-state index >= 15 is 0 Å². The molecule has 2 heterocycles. The number of sulfonamides is 1. The molecule has 28 heavy (non-hydrogen) atoms. The number of nitrogens with one attached hydrogen (secondary N) is 2. The van der Waals surface area contributed by atoms with Crippen molar-refractivity contribution in [3.63, 3.8) is 0 Å². The Morgan fingerprint density at radius 2 is 2.00 bits per heavy atom. The second-order valence-electron chi connectivity index (χ2n) is 6.73. The maximum atomic E-state index is 13.0. The molecule has 1 saturated heterocycles. The van der Waals surface area contributed by atoms with Crippen LogP contribution in [-0.4, -0.2) is 60.4 Å². The van der Waals surface area contributed by atoms with Crippen LogP contribution in [-0.2, 0) is 29.8 Å². The molecule has 1 aromatic rings. The standard InChI is InChI=1S/C16H27F3N6O2S/c1-4-9-28(26,27)25-7-5-13(6-8-25)22-15(20-2)21-10-12-11-24(3)23-14(12)16(17,18)19/h11,13H,4-10H2,1-3H3,(H2,20,21,22). The Bertz CT molecular complexity index is 783. The van der Waals surface area contributed by atoms with Crippen molar-refractivity contribution in [2.75, 3.05) is 25.9 Å². The monoisotopic (exact) mass is 424 g/mol. The lowest BCUT2D eigenvalue weighted by Gasteiger charge is -2.32. The summed E-state index contributed by atoms with van der Waals surface area (Å²) in [4.78, 5) is 4.05. The molecule has 1 aliphatic heterocycles. The summed E-state index contributed by atoms with van der Waals surface area (Å²) in [5.74, 6) is 0.507. The van der Waals surface area contributed by atoms with Gasteiger partial charge in [-0.1, -0.05) is 6.92 Å². The van der Waals surface area contributed by atoms with Crippen LogP contribution in [0.3, 0.4) is 0 Å². The van der Waals surface area contributed by atoms with E-state index in [1.165, 1.54) is 24.6 Å². The quantitative estimate of drug-likeness (QED) is 0.531. The van der Waals surface area contributed by atoms with Crippen molar-refractivity contribution in [2.24, 2.45) is 12.0 Å². The molecule has 12 heteroatoms. The second-order valence-corrected chi connectivity index (χ2v) is 8.82. The van der Waals surface area contributed by atoms with Crippen molar-refractivity contribution in [1.29, 1.82) is 0 Å². The summed E-state index contributed by atoms with van der Waals surface area (Å²) >= 11 is 0. The first-order valence-electron chi connectivity index (χ1n) is 9.11. The van der Waals surface area contributed by atoms with E-state index < -0.39 is 21.9 Å². The zero-order valence-corrected chi connectivity index (χ0v) is 17.1. The molecule has 0 spiro atoms. The van der Waals surface area contributed by atoms with Gasteiger partial charge >= 0.3 is 6.18 Å². The smallest absolute Gasteiger partial charge is 0.354 e. The molecule has 0 aliphatic carbocycles. The van der Waals surface area contributed by atoms with Crippen LogP contribution in [0.15, 0.2) is 11.2 Å². The average Bonchev–Trinajstić information content (AvgIpc) is 3.00. The van der Waals surface area contributed by atoms with Gasteiger partial charge in [-0.15, -0.1) is 0 Å². The van der Waals surface area contributed by atoms with Crippen LogP contribution >= 0.6 is 0 Å². The van der Waals surface area contributed by atoms with E-state index in [1.54, 1.807) is 0 Å². The van der Waals surface area contributed by atoms with E-state index in [-0.39, 0.29) is 23.9 Å². The molecule has 1 fully saturated rings. The van der Waals surface area contributed by atoms with Crippen LogP contribution in [0.25, 0.3) is 0 Å². The normalized spacial score (nSPS) is 17.7. The SMILES string of the molecule is CCCS(=O)(=O)N1CCC(NC(=NC)NCc2cn(C)nc2C(F)(F)F)CC1. The number of hydrogen-bond donors (Lipinski definition) is 2. The minimum atomic E-state index is -4.52. The fourth-order valence-electron chi connectivity index (χ4n) is 3.14. The number of piperidine rings is 1. The summed E-state index contributed by atoms with van der Waals surface area (Å²) in [5, 5.41) is 9.50. The Kier molecular flexibility index (Phi) is 7.32. The highest BCUT2D eigenvalue weighted by Gasteiger charge is 2.37. The van der Waals surface area contributed by atoms with Crippen molar-refractivity contribution in [3.05, 3.63) is 17.5 Å². The van der Waals surface area contributed by atoms with E-state index in [4.69, 9.17) is 0 Å². The Labute approximate surface area is 163 Å². The summed E-state index contributed by atoms with van der Waals surface area (Å²) in [7, 11) is -0.241. The predicted octanol–water partition coefficient (Wildman–Crippen LogP) is 1.31. The number of rotatable bonds is 6. The predicted molar refractivity (Wildman–Crippen MR) is 100 cm³/mol. The molecule has 0 aromatic carbocycles. The highest BCUT2D eigenvalue weighted by molar-refractivity contribution is 7.89. The number of aliphatic imine (C=N–C) groups is 1. The Hall–Kier alpha value is -1.82. The molecule has 2 N–H and O–H groups in total. The van der Waals surface area contributed by atoms with Crippen molar-refractivity contribution in [3.8, 4) is 0 Å². The number of nitrogens with zero attached hydrogens (tertiary/aromatic N) is 4. The number of aryl methyl sites for hydroxylation is 1. The Morgan fingerprint density at radius 1 is 1.36 bits per heavy atom. The van der Waals surface area contributed by atoms with Crippen molar-refractivity contribution >= 4 is 16.0 Å². The van der Waals surface area contributed by atoms with Gasteiger partial charge < -0.3 is 10.6 Å². The lowest BCUT2D eigenvalue weighted by Crippen LogP contribution is -2.49. The molecule has 1 aromatic heterocycles. The zero-order chi connectivity index (χ0) is 20.9. The molecule has 0 unspecified atom stereocenters. The summed E-state index contributed by atoms with van der Waals surface area (Å²) in [5.41, 5.74) is -0.897. The maximum Gasteiger partial charge on any atom is 0.435 e. The summed E-state index contributed by atoms with van der Waals surface area (Å²) in [6.07, 6.45) is -1.42. The van der Waals surface area contributed by atoms with Gasteiger partial charge in [0.05, 0.1) is 5.75 Å². The van der Waals surface area contributed by atoms with Gasteiger partial charge in [0.15, 0.2) is 11.7 Å². The first kappa shape index (κ1) is 22.5. The third-order valence-corrected chi connectivity index (χ3v) is 6.57. The Balaban J connectivity index is 1.90. The number of guanidine groups is 1. The largest absolute Gasteiger partial charge is 0.435 e. The van der Waals surface area contributed by atoms with Gasteiger partial charge in [-0.2, -0.15) is 18.3 Å². The maximum absolute atomic E-state index is 13.0. The molecule has 8 nitrogen and oxygen atoms in total. The lowest BCUT2D eigenvalue weighted by molar-refractivity contribution is -0.142. The van der Waals surface area contributed by atoms with Crippen molar-refractivity contribution < 1.29 is 21.6 Å². The minimum absolute atomic E-state index is 0.00439. The molecular weight excluding hydrogens is 397 g/mol. The first-order chi connectivity index (χ1) is 13.1. The highest BCUT2D eigenvalue weighted by Crippen LogP contribution is 2.30. The molecule has 0 saturated carbocycles. The van der Waals surface area contributed by atoms with Crippen LogP contribution in [0, 0.1) is 0 Å². The number of halogens is 3. The molecule has 160 valence electrons. The van der Waals surface area contributed by atoms with Gasteiger partial charge in [-0.25, -0.2) is 12.7 Å². The molecule has 2 rings (SSSR count). The van der Waals surface area contributed by atoms with Crippen LogP contribution < -0.4 is 10.6 Å². The summed E-state index contributed by atoms with van der Waals surface area (Å²) in [6.45, 7) is 2.58. The fourth-order valence-corrected chi connectivity index (χ4v) is 4.68. The molecule has 0 bridgehead atoms.